The minimum atomic E-state index is 0.0536. The number of para-hydroxylation sites is 1. The van der Waals surface area contributed by atoms with Gasteiger partial charge in [-0.1, -0.05) is 30.3 Å². The number of phenolic OH excluding ortho intramolecular Hbond substituents is 1. The molecule has 3 aromatic rings. The van der Waals surface area contributed by atoms with Crippen molar-refractivity contribution in [3.05, 3.63) is 65.9 Å². The van der Waals surface area contributed by atoms with Crippen molar-refractivity contribution < 1.29 is 9.90 Å². The molecule has 23 heavy (non-hydrogen) atoms. The summed E-state index contributed by atoms with van der Waals surface area (Å²) in [5.41, 5.74) is 3.40. The second-order valence-corrected chi connectivity index (χ2v) is 5.63. The number of aryl methyl sites for hydroxylation is 1. The normalized spacial score (nSPS) is 10.8. The van der Waals surface area contributed by atoms with E-state index in [0.717, 1.165) is 17.5 Å². The third-order valence-corrected chi connectivity index (χ3v) is 3.97. The standard InChI is InChI=1S/C19H20N2O2/c22-16-8-5-14(6-9-16)7-10-19(23)20-12-11-15-13-21-18-4-2-1-3-17(15)18/h1-6,8-9,13,21-22H,7,10-12H2,(H,20,23). The average Bonchev–Trinajstić information content (AvgIpc) is 2.98. The van der Waals surface area contributed by atoms with Crippen molar-refractivity contribution in [2.75, 3.05) is 6.54 Å². The molecule has 0 fully saturated rings. The smallest absolute Gasteiger partial charge is 0.220 e. The van der Waals surface area contributed by atoms with Gasteiger partial charge >= 0.3 is 0 Å². The van der Waals surface area contributed by atoms with Gasteiger partial charge in [0.2, 0.25) is 5.91 Å². The predicted molar refractivity (Wildman–Crippen MR) is 91.4 cm³/mol. The van der Waals surface area contributed by atoms with Crippen LogP contribution in [0.1, 0.15) is 17.5 Å². The number of H-pyrrole nitrogens is 1. The largest absolute Gasteiger partial charge is 0.508 e. The Morgan fingerprint density at radius 3 is 2.65 bits per heavy atom. The third kappa shape index (κ3) is 3.92. The van der Waals surface area contributed by atoms with Gasteiger partial charge in [0.25, 0.3) is 0 Å². The minimum Gasteiger partial charge on any atom is -0.508 e. The molecule has 0 radical (unpaired) electrons. The minimum absolute atomic E-state index is 0.0536. The summed E-state index contributed by atoms with van der Waals surface area (Å²) >= 11 is 0. The molecule has 1 aromatic heterocycles. The van der Waals surface area contributed by atoms with Crippen LogP contribution in [0.15, 0.2) is 54.7 Å². The maximum Gasteiger partial charge on any atom is 0.220 e. The first-order valence-corrected chi connectivity index (χ1v) is 7.82. The molecule has 1 heterocycles. The van der Waals surface area contributed by atoms with Crippen LogP contribution in [0.3, 0.4) is 0 Å². The number of carbonyl (C=O) groups is 1. The van der Waals surface area contributed by atoms with Crippen molar-refractivity contribution in [3.63, 3.8) is 0 Å². The van der Waals surface area contributed by atoms with Gasteiger partial charge in [0.15, 0.2) is 0 Å². The molecule has 0 unspecified atom stereocenters. The van der Waals surface area contributed by atoms with Gasteiger partial charge in [0, 0.05) is 30.1 Å². The summed E-state index contributed by atoms with van der Waals surface area (Å²) in [6.07, 6.45) is 3.96. The number of amides is 1. The fourth-order valence-corrected chi connectivity index (χ4v) is 2.68. The number of aromatic amines is 1. The Bertz CT molecular complexity index is 790. The van der Waals surface area contributed by atoms with E-state index in [-0.39, 0.29) is 11.7 Å². The zero-order valence-corrected chi connectivity index (χ0v) is 12.9. The van der Waals surface area contributed by atoms with Crippen LogP contribution in [0.25, 0.3) is 10.9 Å². The Hall–Kier alpha value is -2.75. The van der Waals surface area contributed by atoms with Gasteiger partial charge in [-0.3, -0.25) is 4.79 Å². The highest BCUT2D eigenvalue weighted by atomic mass is 16.3. The number of hydrogen-bond donors (Lipinski definition) is 3. The van der Waals surface area contributed by atoms with E-state index in [1.54, 1.807) is 12.1 Å². The number of benzene rings is 2. The zero-order chi connectivity index (χ0) is 16.1. The predicted octanol–water partition coefficient (Wildman–Crippen LogP) is 3.17. The summed E-state index contributed by atoms with van der Waals surface area (Å²) in [7, 11) is 0. The molecule has 3 rings (SSSR count). The fourth-order valence-electron chi connectivity index (χ4n) is 2.68. The average molecular weight is 308 g/mol. The van der Waals surface area contributed by atoms with Crippen LogP contribution in [0, 0.1) is 0 Å². The molecule has 0 saturated heterocycles. The highest BCUT2D eigenvalue weighted by Crippen LogP contribution is 2.17. The summed E-state index contributed by atoms with van der Waals surface area (Å²) in [5.74, 6) is 0.301. The van der Waals surface area contributed by atoms with Crippen LogP contribution in [-0.4, -0.2) is 22.5 Å². The Morgan fingerprint density at radius 1 is 1.04 bits per heavy atom. The van der Waals surface area contributed by atoms with E-state index < -0.39 is 0 Å². The van der Waals surface area contributed by atoms with Crippen LogP contribution in [-0.2, 0) is 17.6 Å². The molecule has 4 nitrogen and oxygen atoms in total. The first-order valence-electron chi connectivity index (χ1n) is 7.82. The van der Waals surface area contributed by atoms with E-state index in [2.05, 4.69) is 22.4 Å². The van der Waals surface area contributed by atoms with Gasteiger partial charge < -0.3 is 15.4 Å². The molecule has 3 N–H and O–H groups in total. The van der Waals surface area contributed by atoms with Crippen molar-refractivity contribution in [1.82, 2.24) is 10.3 Å². The second kappa shape index (κ2) is 7.01. The molecular formula is C19H20N2O2. The lowest BCUT2D eigenvalue weighted by Gasteiger charge is -2.05. The molecule has 0 aliphatic heterocycles. The van der Waals surface area contributed by atoms with Crippen LogP contribution >= 0.6 is 0 Å². The van der Waals surface area contributed by atoms with Gasteiger partial charge in [-0.2, -0.15) is 0 Å². The lowest BCUT2D eigenvalue weighted by Crippen LogP contribution is -2.25. The van der Waals surface area contributed by atoms with Gasteiger partial charge in [0.05, 0.1) is 0 Å². The number of aromatic nitrogens is 1. The summed E-state index contributed by atoms with van der Waals surface area (Å²) in [6.45, 7) is 0.635. The van der Waals surface area contributed by atoms with Gasteiger partial charge in [-0.25, -0.2) is 0 Å². The van der Waals surface area contributed by atoms with E-state index >= 15 is 0 Å². The van der Waals surface area contributed by atoms with Crippen LogP contribution < -0.4 is 5.32 Å². The van der Waals surface area contributed by atoms with E-state index in [1.165, 1.54) is 10.9 Å². The highest BCUT2D eigenvalue weighted by molar-refractivity contribution is 5.83. The third-order valence-electron chi connectivity index (χ3n) is 3.97. The number of hydrogen-bond acceptors (Lipinski definition) is 2. The zero-order valence-electron chi connectivity index (χ0n) is 12.9. The fraction of sp³-hybridized carbons (Fsp3) is 0.211. The van der Waals surface area contributed by atoms with Crippen molar-refractivity contribution in [2.24, 2.45) is 0 Å². The summed E-state index contributed by atoms with van der Waals surface area (Å²) in [6, 6.07) is 15.1. The number of nitrogens with one attached hydrogen (secondary N) is 2. The van der Waals surface area contributed by atoms with Crippen LogP contribution in [0.4, 0.5) is 0 Å². The number of rotatable bonds is 6. The Kier molecular flexibility index (Phi) is 4.62. The molecule has 2 aromatic carbocycles. The summed E-state index contributed by atoms with van der Waals surface area (Å²) in [5, 5.41) is 13.4. The molecule has 1 amide bonds. The van der Waals surface area contributed by atoms with E-state index in [4.69, 9.17) is 0 Å². The van der Waals surface area contributed by atoms with Crippen molar-refractivity contribution in [3.8, 4) is 5.75 Å². The molecule has 0 atom stereocenters. The molecule has 0 aliphatic carbocycles. The number of aromatic hydroxyl groups is 1. The van der Waals surface area contributed by atoms with E-state index in [0.29, 0.717) is 19.4 Å². The molecule has 0 aliphatic rings. The summed E-state index contributed by atoms with van der Waals surface area (Å²) in [4.78, 5) is 15.2. The first-order chi connectivity index (χ1) is 11.2. The number of carbonyl (C=O) groups excluding carboxylic acids is 1. The Labute approximate surface area is 135 Å². The van der Waals surface area contributed by atoms with Crippen LogP contribution in [0.2, 0.25) is 0 Å². The molecular weight excluding hydrogens is 288 g/mol. The second-order valence-electron chi connectivity index (χ2n) is 5.63. The van der Waals surface area contributed by atoms with Gasteiger partial charge in [-0.15, -0.1) is 0 Å². The van der Waals surface area contributed by atoms with Crippen molar-refractivity contribution in [1.29, 1.82) is 0 Å². The van der Waals surface area contributed by atoms with Gasteiger partial charge in [0.1, 0.15) is 5.75 Å². The quantitative estimate of drug-likeness (QED) is 0.655. The maximum absolute atomic E-state index is 11.9. The first kappa shape index (κ1) is 15.2. The molecule has 0 spiro atoms. The monoisotopic (exact) mass is 308 g/mol. The molecule has 4 heteroatoms. The lowest BCUT2D eigenvalue weighted by molar-refractivity contribution is -0.121. The van der Waals surface area contributed by atoms with Gasteiger partial charge in [-0.05, 0) is 42.2 Å². The molecule has 0 bridgehead atoms. The topological polar surface area (TPSA) is 65.1 Å². The Morgan fingerprint density at radius 2 is 1.83 bits per heavy atom. The lowest BCUT2D eigenvalue weighted by atomic mass is 10.1. The summed E-state index contributed by atoms with van der Waals surface area (Å²) < 4.78 is 0. The molecule has 0 saturated carbocycles. The number of phenols is 1. The van der Waals surface area contributed by atoms with Crippen molar-refractivity contribution in [2.45, 2.75) is 19.3 Å². The van der Waals surface area contributed by atoms with E-state index in [9.17, 15) is 9.90 Å². The van der Waals surface area contributed by atoms with Crippen molar-refractivity contribution >= 4 is 16.8 Å². The highest BCUT2D eigenvalue weighted by Gasteiger charge is 2.05. The molecule has 118 valence electrons. The maximum atomic E-state index is 11.9. The Balaban J connectivity index is 1.45. The van der Waals surface area contributed by atoms with Crippen LogP contribution in [0.5, 0.6) is 5.75 Å². The SMILES string of the molecule is O=C(CCc1ccc(O)cc1)NCCc1c[nH]c2ccccc12. The van der Waals surface area contributed by atoms with E-state index in [1.807, 2.05) is 30.5 Å². The number of fused-ring (bicyclic) bond motifs is 1.